The molecule has 8 nitrogen and oxygen atoms in total. The maximum Gasteiger partial charge on any atom is 0.308 e. The van der Waals surface area contributed by atoms with Gasteiger partial charge in [-0.1, -0.05) is 155 Å². The fraction of sp³-hybridized carbons (Fsp3) is 0.323. The van der Waals surface area contributed by atoms with E-state index >= 15 is 0 Å². The minimum absolute atomic E-state index is 0.247. The number of hydrogen-bond donors (Lipinski definition) is 0. The van der Waals surface area contributed by atoms with Crippen LogP contribution in [0, 0.1) is 47.4 Å². The maximum atomic E-state index is 12.3. The molecule has 0 aliphatic carbocycles. The van der Waals surface area contributed by atoms with Crippen LogP contribution in [0.4, 0.5) is 0 Å². The fourth-order valence-electron chi connectivity index (χ4n) is 6.90. The molecule has 0 spiro atoms. The molecule has 0 aliphatic heterocycles. The van der Waals surface area contributed by atoms with Crippen molar-refractivity contribution in [2.75, 3.05) is 0 Å². The van der Waals surface area contributed by atoms with Crippen LogP contribution in [0.15, 0.2) is 84.9 Å². The molecule has 0 saturated carbocycles. The largest absolute Gasteiger partial charge is 0.425 e. The summed E-state index contributed by atoms with van der Waals surface area (Å²) in [5, 5.41) is 0. The molecular weight excluding hydrogens is 873 g/mol. The Kier molecular flexibility index (Phi) is 16.1. The highest BCUT2D eigenvalue weighted by Gasteiger charge is 2.21. The molecule has 70 heavy (non-hydrogen) atoms. The first-order valence-electron chi connectivity index (χ1n) is 23.1. The highest BCUT2D eigenvalue weighted by molar-refractivity contribution is 5.74. The minimum atomic E-state index is -0.492. The van der Waals surface area contributed by atoms with E-state index in [4.69, 9.17) is 18.9 Å². The Bertz CT molecular complexity index is 2740. The molecule has 5 rings (SSSR count). The molecule has 0 fully saturated rings. The second kappa shape index (κ2) is 21.2. The highest BCUT2D eigenvalue weighted by Crippen LogP contribution is 2.32. The number of hydrogen-bond acceptors (Lipinski definition) is 8. The topological polar surface area (TPSA) is 105 Å². The molecule has 0 N–H and O–H groups in total. The zero-order chi connectivity index (χ0) is 51.9. The van der Waals surface area contributed by atoms with Gasteiger partial charge < -0.3 is 18.9 Å². The van der Waals surface area contributed by atoms with Crippen molar-refractivity contribution in [2.24, 2.45) is 0 Å². The average molecular weight is 935 g/mol. The van der Waals surface area contributed by atoms with Gasteiger partial charge in [0.25, 0.3) is 0 Å². The van der Waals surface area contributed by atoms with Crippen molar-refractivity contribution >= 4 is 23.9 Å². The average Bonchev–Trinajstić information content (AvgIpc) is 3.23. The van der Waals surface area contributed by atoms with Gasteiger partial charge in [0.05, 0.1) is 22.3 Å². The minimum Gasteiger partial charge on any atom is -0.425 e. The van der Waals surface area contributed by atoms with Gasteiger partial charge in [0.15, 0.2) is 0 Å². The summed E-state index contributed by atoms with van der Waals surface area (Å²) in [7, 11) is 0. The fourth-order valence-corrected chi connectivity index (χ4v) is 6.90. The molecule has 0 aromatic heterocycles. The monoisotopic (exact) mass is 934 g/mol. The number of benzene rings is 5. The van der Waals surface area contributed by atoms with E-state index < -0.39 is 23.9 Å². The van der Waals surface area contributed by atoms with Crippen molar-refractivity contribution < 1.29 is 38.1 Å². The van der Waals surface area contributed by atoms with Crippen molar-refractivity contribution in [1.82, 2.24) is 0 Å². The molecule has 358 valence electrons. The van der Waals surface area contributed by atoms with Crippen molar-refractivity contribution in [3.63, 3.8) is 0 Å². The zero-order valence-corrected chi connectivity index (χ0v) is 43.3. The molecule has 0 radical (unpaired) electrons. The molecule has 0 bridgehead atoms. The molecule has 5 aromatic rings. The highest BCUT2D eigenvalue weighted by atomic mass is 16.5. The smallest absolute Gasteiger partial charge is 0.308 e. The van der Waals surface area contributed by atoms with Gasteiger partial charge in [0.1, 0.15) is 23.0 Å². The van der Waals surface area contributed by atoms with Crippen LogP contribution < -0.4 is 18.9 Å². The second-order valence-corrected chi connectivity index (χ2v) is 21.2. The van der Waals surface area contributed by atoms with E-state index in [9.17, 15) is 19.2 Å². The van der Waals surface area contributed by atoms with Gasteiger partial charge in [0, 0.05) is 49.9 Å². The van der Waals surface area contributed by atoms with Crippen molar-refractivity contribution in [1.29, 1.82) is 0 Å². The third-order valence-corrected chi connectivity index (χ3v) is 10.9. The number of carbonyl (C=O) groups is 4. The van der Waals surface area contributed by atoms with E-state index in [0.717, 1.165) is 22.3 Å². The Morgan fingerprint density at radius 1 is 0.286 bits per heavy atom. The van der Waals surface area contributed by atoms with Gasteiger partial charge in [-0.25, -0.2) is 0 Å². The van der Waals surface area contributed by atoms with Crippen LogP contribution in [0.2, 0.25) is 0 Å². The van der Waals surface area contributed by atoms with Crippen LogP contribution >= 0.6 is 0 Å². The maximum absolute atomic E-state index is 12.3. The van der Waals surface area contributed by atoms with E-state index in [-0.39, 0.29) is 21.7 Å². The van der Waals surface area contributed by atoms with E-state index in [1.807, 2.05) is 48.5 Å². The number of ether oxygens (including phenoxy) is 4. The van der Waals surface area contributed by atoms with E-state index in [2.05, 4.69) is 130 Å². The predicted molar refractivity (Wildman–Crippen MR) is 276 cm³/mol. The molecule has 0 aliphatic rings. The molecular formula is C62H62O8. The third kappa shape index (κ3) is 14.6. The summed E-state index contributed by atoms with van der Waals surface area (Å²) in [6, 6.07) is 25.8. The summed E-state index contributed by atoms with van der Waals surface area (Å²) >= 11 is 0. The molecule has 0 unspecified atom stereocenters. The Balaban J connectivity index is 1.94. The number of esters is 4. The van der Waals surface area contributed by atoms with E-state index in [1.54, 1.807) is 36.4 Å². The van der Waals surface area contributed by atoms with Crippen LogP contribution in [0.3, 0.4) is 0 Å². The number of carbonyl (C=O) groups excluding carboxylic acids is 4. The van der Waals surface area contributed by atoms with Crippen LogP contribution in [-0.4, -0.2) is 23.9 Å². The third-order valence-electron chi connectivity index (χ3n) is 10.9. The van der Waals surface area contributed by atoms with E-state index in [1.165, 1.54) is 27.7 Å². The Morgan fingerprint density at radius 3 is 0.614 bits per heavy atom. The molecule has 0 amide bonds. The van der Waals surface area contributed by atoms with Gasteiger partial charge in [0.2, 0.25) is 0 Å². The molecule has 0 heterocycles. The standard InChI is InChI=1S/C62H62O8/c1-39(63)67-55-29-25-51(59(5,6)7)35-47(55)21-17-43-33-45(19-23-49-37-53(61(11,12)13)27-31-57(49)69-41(3)65)46(20-24-50-38-54(62(14,15)16)28-32-58(50)70-42(4)66)34-44(43)18-22-48-36-52(60(8,9)10)26-30-56(48)68-40(2)64/h25-38H,1-16H3. The normalized spacial score (nSPS) is 11.2. The molecule has 0 saturated heterocycles. The summed E-state index contributed by atoms with van der Waals surface area (Å²) in [5.41, 5.74) is 6.67. The quantitative estimate of drug-likeness (QED) is 0.0997. The van der Waals surface area contributed by atoms with Gasteiger partial charge in [-0.2, -0.15) is 0 Å². The summed E-state index contributed by atoms with van der Waals surface area (Å²) in [5.74, 6) is 25.6. The van der Waals surface area contributed by atoms with Gasteiger partial charge in [-0.3, -0.25) is 19.2 Å². The van der Waals surface area contributed by atoms with Gasteiger partial charge in [-0.15, -0.1) is 0 Å². The molecule has 8 heteroatoms. The van der Waals surface area contributed by atoms with Crippen LogP contribution in [-0.2, 0) is 40.8 Å². The molecule has 5 aromatic carbocycles. The van der Waals surface area contributed by atoms with Crippen LogP contribution in [0.25, 0.3) is 0 Å². The number of rotatable bonds is 4. The van der Waals surface area contributed by atoms with Crippen LogP contribution in [0.1, 0.15) is 178 Å². The van der Waals surface area contributed by atoms with E-state index in [0.29, 0.717) is 67.5 Å². The van der Waals surface area contributed by atoms with Crippen LogP contribution in [0.5, 0.6) is 23.0 Å². The summed E-state index contributed by atoms with van der Waals surface area (Å²) in [4.78, 5) is 49.2. The van der Waals surface area contributed by atoms with Gasteiger partial charge >= 0.3 is 23.9 Å². The lowest BCUT2D eigenvalue weighted by molar-refractivity contribution is -0.132. The second-order valence-electron chi connectivity index (χ2n) is 21.2. The first kappa shape index (κ1) is 53.2. The first-order valence-corrected chi connectivity index (χ1v) is 23.1. The Hall–Kier alpha value is -7.78. The zero-order valence-electron chi connectivity index (χ0n) is 43.3. The SMILES string of the molecule is CC(=O)Oc1ccc(C(C)(C)C)cc1C#Cc1cc(C#Cc2cc(C(C)(C)C)ccc2OC(C)=O)c(C#Cc2cc(C(C)(C)C)ccc2OC(C)=O)cc1C#Cc1cc(C(C)(C)C)ccc1OC(C)=O. The van der Waals surface area contributed by atoms with Crippen molar-refractivity contribution in [2.45, 2.75) is 132 Å². The molecule has 0 atom stereocenters. The lowest BCUT2D eigenvalue weighted by Crippen LogP contribution is -2.12. The summed E-state index contributed by atoms with van der Waals surface area (Å²) in [6.45, 7) is 30.4. The van der Waals surface area contributed by atoms with Crippen molar-refractivity contribution in [3.8, 4) is 70.4 Å². The van der Waals surface area contributed by atoms with Crippen molar-refractivity contribution in [3.05, 3.63) is 152 Å². The Labute approximate surface area is 414 Å². The summed E-state index contributed by atoms with van der Waals surface area (Å²) in [6.07, 6.45) is 0. The lowest BCUT2D eigenvalue weighted by atomic mass is 9.86. The first-order chi connectivity index (χ1) is 32.5. The summed E-state index contributed by atoms with van der Waals surface area (Å²) < 4.78 is 22.6. The lowest BCUT2D eigenvalue weighted by Gasteiger charge is -2.20. The Morgan fingerprint density at radius 2 is 0.457 bits per heavy atom. The van der Waals surface area contributed by atoms with Gasteiger partial charge in [-0.05, 0) is 105 Å². The predicted octanol–water partition coefficient (Wildman–Crippen LogP) is 12.2.